The largest absolute Gasteiger partial charge is 0.330 e. The van der Waals surface area contributed by atoms with E-state index in [9.17, 15) is 4.79 Å². The summed E-state index contributed by atoms with van der Waals surface area (Å²) in [4.78, 5) is 24.0. The van der Waals surface area contributed by atoms with Gasteiger partial charge in [0.1, 0.15) is 17.2 Å². The second kappa shape index (κ2) is 6.41. The van der Waals surface area contributed by atoms with Crippen molar-refractivity contribution in [1.82, 2.24) is 25.5 Å². The molecule has 1 amide bonds. The third-order valence-electron chi connectivity index (χ3n) is 5.23. The van der Waals surface area contributed by atoms with Crippen molar-refractivity contribution in [1.29, 1.82) is 0 Å². The molecule has 4 aromatic rings. The number of hydrogen-bond acceptors (Lipinski definition) is 5. The van der Waals surface area contributed by atoms with E-state index in [4.69, 9.17) is 4.98 Å². The zero-order valence-corrected chi connectivity index (χ0v) is 16.2. The minimum Gasteiger partial charge on any atom is -0.330 e. The van der Waals surface area contributed by atoms with Crippen LogP contribution in [0.1, 0.15) is 29.8 Å². The Kier molecular flexibility index (Phi) is 3.84. The van der Waals surface area contributed by atoms with Crippen LogP contribution in [-0.2, 0) is 6.54 Å². The van der Waals surface area contributed by atoms with Crippen molar-refractivity contribution in [3.63, 3.8) is 0 Å². The summed E-state index contributed by atoms with van der Waals surface area (Å²) in [6.07, 6.45) is 1.72. The lowest BCUT2D eigenvalue weighted by atomic mass is 10.0. The number of pyridine rings is 2. The van der Waals surface area contributed by atoms with Crippen LogP contribution >= 0.6 is 0 Å². The highest BCUT2D eigenvalue weighted by molar-refractivity contribution is 6.02. The number of nitrogens with zero attached hydrogens (tertiary/aromatic N) is 4. The molecule has 4 heterocycles. The van der Waals surface area contributed by atoms with Crippen LogP contribution in [0.25, 0.3) is 22.4 Å². The molecular formula is C22H20N6O. The summed E-state index contributed by atoms with van der Waals surface area (Å²) in [5.74, 6) is 0.530. The first-order chi connectivity index (χ1) is 14.0. The normalized spacial score (nSPS) is 15.2. The second-order valence-corrected chi connectivity index (χ2v) is 7.62. The Bertz CT molecular complexity index is 1210. The summed E-state index contributed by atoms with van der Waals surface area (Å²) in [7, 11) is 0. The molecule has 0 atom stereocenters. The second-order valence-electron chi connectivity index (χ2n) is 7.62. The predicted molar refractivity (Wildman–Crippen MR) is 111 cm³/mol. The number of fused-ring (bicyclic) bond motifs is 2. The number of carbonyl (C=O) groups excluding carboxylic acids is 1. The van der Waals surface area contributed by atoms with Crippen molar-refractivity contribution in [3.8, 4) is 11.4 Å². The van der Waals surface area contributed by atoms with E-state index in [-0.39, 0.29) is 5.91 Å². The van der Waals surface area contributed by atoms with Gasteiger partial charge in [-0.25, -0.2) is 9.97 Å². The molecule has 0 spiro atoms. The van der Waals surface area contributed by atoms with Gasteiger partial charge in [0.15, 0.2) is 5.65 Å². The quantitative estimate of drug-likeness (QED) is 0.564. The average molecular weight is 384 g/mol. The highest BCUT2D eigenvalue weighted by Crippen LogP contribution is 2.34. The van der Waals surface area contributed by atoms with Gasteiger partial charge in [-0.1, -0.05) is 30.3 Å². The van der Waals surface area contributed by atoms with Crippen LogP contribution in [0.4, 0.5) is 5.82 Å². The summed E-state index contributed by atoms with van der Waals surface area (Å²) in [6, 6.07) is 17.6. The smallest absolute Gasteiger partial charge is 0.256 e. The molecule has 7 nitrogen and oxygen atoms in total. The van der Waals surface area contributed by atoms with Crippen LogP contribution in [0.3, 0.4) is 0 Å². The Hall–Kier alpha value is -3.74. The molecule has 0 saturated carbocycles. The number of H-pyrrole nitrogens is 1. The van der Waals surface area contributed by atoms with Crippen LogP contribution in [0.2, 0.25) is 0 Å². The number of hydrogen-bond donors (Lipinski definition) is 2. The zero-order valence-electron chi connectivity index (χ0n) is 16.2. The number of amides is 1. The van der Waals surface area contributed by atoms with Crippen molar-refractivity contribution in [2.75, 3.05) is 4.90 Å². The van der Waals surface area contributed by atoms with Crippen molar-refractivity contribution in [3.05, 3.63) is 71.9 Å². The average Bonchev–Trinajstić information content (AvgIpc) is 3.15. The lowest BCUT2D eigenvalue weighted by Gasteiger charge is -2.44. The third-order valence-corrected chi connectivity index (χ3v) is 5.23. The topological polar surface area (TPSA) is 86.8 Å². The first-order valence-electron chi connectivity index (χ1n) is 9.47. The fourth-order valence-electron chi connectivity index (χ4n) is 3.73. The molecule has 2 N–H and O–H groups in total. The lowest BCUT2D eigenvalue weighted by Crippen LogP contribution is -2.60. The fraction of sp³-hybridized carbons (Fsp3) is 0.182. The molecule has 7 heteroatoms. The molecular weight excluding hydrogens is 364 g/mol. The highest BCUT2D eigenvalue weighted by atomic mass is 16.2. The van der Waals surface area contributed by atoms with Gasteiger partial charge < -0.3 is 10.2 Å². The van der Waals surface area contributed by atoms with Gasteiger partial charge in [0.25, 0.3) is 5.91 Å². The predicted octanol–water partition coefficient (Wildman–Crippen LogP) is 3.51. The Morgan fingerprint density at radius 2 is 1.86 bits per heavy atom. The van der Waals surface area contributed by atoms with Gasteiger partial charge in [-0.2, -0.15) is 5.10 Å². The Labute approximate surface area is 167 Å². The number of carbonyl (C=O) groups is 1. The SMILES string of the molecule is CC1(C)NC(=O)c2ccc(-c3n[nH]c4ncccc34)nc2N1Cc1ccccc1. The summed E-state index contributed by atoms with van der Waals surface area (Å²) < 4.78 is 0. The van der Waals surface area contributed by atoms with E-state index in [1.165, 1.54) is 0 Å². The number of nitrogens with one attached hydrogen (secondary N) is 2. The van der Waals surface area contributed by atoms with Crippen LogP contribution in [-0.4, -0.2) is 31.7 Å². The van der Waals surface area contributed by atoms with Gasteiger partial charge in [0.05, 0.1) is 11.3 Å². The van der Waals surface area contributed by atoms with Gasteiger partial charge in [-0.05, 0) is 43.7 Å². The molecule has 1 aliphatic rings. The van der Waals surface area contributed by atoms with Gasteiger partial charge in [0.2, 0.25) is 0 Å². The first-order valence-corrected chi connectivity index (χ1v) is 9.47. The van der Waals surface area contributed by atoms with E-state index in [2.05, 4.69) is 37.5 Å². The first kappa shape index (κ1) is 17.4. The number of benzene rings is 1. The van der Waals surface area contributed by atoms with Crippen molar-refractivity contribution in [2.24, 2.45) is 0 Å². The van der Waals surface area contributed by atoms with Crippen LogP contribution < -0.4 is 10.2 Å². The van der Waals surface area contributed by atoms with Crippen LogP contribution in [0.5, 0.6) is 0 Å². The molecule has 1 aliphatic heterocycles. The molecule has 0 bridgehead atoms. The van der Waals surface area contributed by atoms with Gasteiger partial charge in [-0.3, -0.25) is 9.89 Å². The summed E-state index contributed by atoms with van der Waals surface area (Å²) in [5.41, 5.74) is 3.25. The van der Waals surface area contributed by atoms with E-state index in [0.29, 0.717) is 29.3 Å². The molecule has 29 heavy (non-hydrogen) atoms. The molecule has 0 radical (unpaired) electrons. The monoisotopic (exact) mass is 384 g/mol. The number of aromatic nitrogens is 4. The molecule has 0 fully saturated rings. The Morgan fingerprint density at radius 3 is 2.69 bits per heavy atom. The van der Waals surface area contributed by atoms with E-state index in [1.807, 2.05) is 56.3 Å². The van der Waals surface area contributed by atoms with E-state index >= 15 is 0 Å². The standard InChI is InChI=1S/C22H20N6O/c1-22(2)25-21(29)16-10-11-17(18-15-9-6-12-23-19(15)27-26-18)24-20(16)28(22)13-14-7-4-3-5-8-14/h3-12H,13H2,1-2H3,(H,25,29)(H,23,26,27). The van der Waals surface area contributed by atoms with Gasteiger partial charge >= 0.3 is 0 Å². The van der Waals surface area contributed by atoms with Crippen molar-refractivity contribution >= 4 is 22.8 Å². The van der Waals surface area contributed by atoms with E-state index < -0.39 is 5.66 Å². The minimum atomic E-state index is -0.583. The Morgan fingerprint density at radius 1 is 1.03 bits per heavy atom. The summed E-state index contributed by atoms with van der Waals surface area (Å²) in [5, 5.41) is 11.3. The maximum absolute atomic E-state index is 12.7. The fourth-order valence-corrected chi connectivity index (χ4v) is 3.73. The third kappa shape index (κ3) is 2.91. The maximum atomic E-state index is 12.7. The molecule has 0 saturated heterocycles. The number of rotatable bonds is 3. The number of aromatic amines is 1. The molecule has 144 valence electrons. The van der Waals surface area contributed by atoms with Gasteiger partial charge in [-0.15, -0.1) is 0 Å². The molecule has 0 unspecified atom stereocenters. The van der Waals surface area contributed by atoms with Gasteiger partial charge in [0, 0.05) is 18.1 Å². The van der Waals surface area contributed by atoms with Crippen LogP contribution in [0.15, 0.2) is 60.8 Å². The summed E-state index contributed by atoms with van der Waals surface area (Å²) >= 11 is 0. The van der Waals surface area contributed by atoms with Crippen molar-refractivity contribution in [2.45, 2.75) is 26.1 Å². The molecule has 5 rings (SSSR count). The van der Waals surface area contributed by atoms with E-state index in [1.54, 1.807) is 6.20 Å². The molecule has 0 aliphatic carbocycles. The summed E-state index contributed by atoms with van der Waals surface area (Å²) in [6.45, 7) is 4.60. The highest BCUT2D eigenvalue weighted by Gasteiger charge is 2.38. The maximum Gasteiger partial charge on any atom is 0.256 e. The van der Waals surface area contributed by atoms with Crippen molar-refractivity contribution < 1.29 is 4.79 Å². The number of anilines is 1. The lowest BCUT2D eigenvalue weighted by molar-refractivity contribution is 0.0895. The minimum absolute atomic E-state index is 0.123. The molecule has 1 aromatic carbocycles. The van der Waals surface area contributed by atoms with Crippen LogP contribution in [0, 0.1) is 0 Å². The zero-order chi connectivity index (χ0) is 20.0. The molecule has 3 aromatic heterocycles. The van der Waals surface area contributed by atoms with E-state index in [0.717, 1.165) is 16.6 Å². The Balaban J connectivity index is 1.65.